The van der Waals surface area contributed by atoms with Crippen molar-refractivity contribution in [2.45, 2.75) is 19.8 Å². The van der Waals surface area contributed by atoms with Gasteiger partial charge in [0.25, 0.3) is 0 Å². The van der Waals surface area contributed by atoms with Gasteiger partial charge in [-0.2, -0.15) is 0 Å². The monoisotopic (exact) mass is 420 g/mol. The van der Waals surface area contributed by atoms with E-state index in [-0.39, 0.29) is 49.1 Å². The molecule has 0 unspecified atom stereocenters. The molecule has 0 bridgehead atoms. The maximum absolute atomic E-state index is 11.7. The molecule has 0 aromatic rings. The molecule has 0 aliphatic carbocycles. The summed E-state index contributed by atoms with van der Waals surface area (Å²) in [6, 6.07) is 0. The van der Waals surface area contributed by atoms with Crippen molar-refractivity contribution >= 4 is 17.8 Å². The fourth-order valence-electron chi connectivity index (χ4n) is 1.77. The summed E-state index contributed by atoms with van der Waals surface area (Å²) in [5.41, 5.74) is 21.5. The maximum atomic E-state index is 11.7. The highest BCUT2D eigenvalue weighted by Crippen LogP contribution is 1.84. The standard InChI is InChI=1S/C16H28N8O.2ClH/c1-2-3-4-5-6-7-14(25)21-8-11-24(12-9-22-15(17)18)13-10-23-16(19)20;;/h2,7-13H2,1H3,(H,21,25)(H4,17,18,22)(H4,19,20,23);2*1H. The third kappa shape index (κ3) is 21.6. The van der Waals surface area contributed by atoms with Gasteiger partial charge in [-0.3, -0.25) is 42.6 Å². The van der Waals surface area contributed by atoms with Crippen LogP contribution in [0.1, 0.15) is 19.8 Å². The second-order valence-electron chi connectivity index (χ2n) is 5.09. The Morgan fingerprint density at radius 2 is 1.44 bits per heavy atom. The molecule has 0 aliphatic rings. The predicted octanol–water partition coefficient (Wildman–Crippen LogP) is -12.1. The van der Waals surface area contributed by atoms with Crippen molar-refractivity contribution in [3.63, 3.8) is 0 Å². The Morgan fingerprint density at radius 1 is 0.926 bits per heavy atom. The van der Waals surface area contributed by atoms with Gasteiger partial charge in [0.1, 0.15) is 0 Å². The van der Waals surface area contributed by atoms with Crippen LogP contribution in [-0.4, -0.2) is 62.0 Å². The Kier molecular flexibility index (Phi) is 21.8. The third-order valence-corrected chi connectivity index (χ3v) is 2.93. The Balaban J connectivity index is -0.00000288. The number of halogens is 2. The second-order valence-corrected chi connectivity index (χ2v) is 5.09. The molecule has 0 aromatic heterocycles. The lowest BCUT2D eigenvalue weighted by molar-refractivity contribution is -0.466. The van der Waals surface area contributed by atoms with Gasteiger partial charge in [-0.05, 0) is 11.8 Å². The minimum Gasteiger partial charge on any atom is -1.00 e. The van der Waals surface area contributed by atoms with Gasteiger partial charge in [0.05, 0.1) is 19.5 Å². The van der Waals surface area contributed by atoms with E-state index in [1.54, 1.807) is 0 Å². The third-order valence-electron chi connectivity index (χ3n) is 2.93. The fraction of sp³-hybridized carbons (Fsp3) is 0.562. The second kappa shape index (κ2) is 20.0. The van der Waals surface area contributed by atoms with Crippen LogP contribution in [0.4, 0.5) is 0 Å². The van der Waals surface area contributed by atoms with E-state index in [2.05, 4.69) is 43.9 Å². The Morgan fingerprint density at radius 3 is 1.93 bits per heavy atom. The molecule has 0 atom stereocenters. The van der Waals surface area contributed by atoms with Crippen LogP contribution < -0.4 is 63.1 Å². The first kappa shape index (κ1) is 29.4. The molecular formula is C16H30Cl2N8O. The number of hydrogen-bond donors (Lipinski definition) is 7. The summed E-state index contributed by atoms with van der Waals surface area (Å²) in [6.45, 7) is 5.70. The number of hydrogen-bond acceptors (Lipinski definition) is 2. The van der Waals surface area contributed by atoms with Crippen LogP contribution in [0.15, 0.2) is 0 Å². The van der Waals surface area contributed by atoms with Gasteiger partial charge in [-0.1, -0.05) is 18.8 Å². The molecule has 0 saturated heterocycles. The van der Waals surface area contributed by atoms with Crippen molar-refractivity contribution in [2.24, 2.45) is 22.9 Å². The summed E-state index contributed by atoms with van der Waals surface area (Å²) in [7, 11) is 0. The summed E-state index contributed by atoms with van der Waals surface area (Å²) < 4.78 is 0. The molecule has 154 valence electrons. The highest BCUT2D eigenvalue weighted by molar-refractivity contribution is 5.78. The minimum absolute atomic E-state index is 0. The Bertz CT molecular complexity index is 557. The van der Waals surface area contributed by atoms with E-state index >= 15 is 0 Å². The first-order valence-corrected chi connectivity index (χ1v) is 8.14. The number of nitrogens with one attached hydrogen (secondary N) is 3. The lowest BCUT2D eigenvalue weighted by atomic mass is 10.3. The first-order chi connectivity index (χ1) is 12.0. The molecule has 11 heteroatoms. The molecule has 0 aromatic carbocycles. The summed E-state index contributed by atoms with van der Waals surface area (Å²) in [5.74, 6) is 11.1. The molecular weight excluding hydrogens is 391 g/mol. The highest BCUT2D eigenvalue weighted by atomic mass is 35.5. The number of carbonyl (C=O) groups is 1. The zero-order valence-corrected chi connectivity index (χ0v) is 17.1. The molecule has 0 spiro atoms. The van der Waals surface area contributed by atoms with Gasteiger partial charge in [0.15, 0.2) is 0 Å². The number of nitrogens with zero attached hydrogens (tertiary/aromatic N) is 1. The maximum Gasteiger partial charge on any atom is 0.338 e. The largest absolute Gasteiger partial charge is 1.00 e. The molecule has 27 heavy (non-hydrogen) atoms. The number of guanidine groups is 2. The molecule has 0 rings (SSSR count). The van der Waals surface area contributed by atoms with Crippen molar-refractivity contribution in [3.05, 3.63) is 0 Å². The van der Waals surface area contributed by atoms with Crippen molar-refractivity contribution in [1.82, 2.24) is 10.2 Å². The van der Waals surface area contributed by atoms with Crippen molar-refractivity contribution in [2.75, 3.05) is 39.3 Å². The van der Waals surface area contributed by atoms with Crippen molar-refractivity contribution < 1.29 is 39.6 Å². The summed E-state index contributed by atoms with van der Waals surface area (Å²) in [5, 5.41) is 2.82. The molecule has 11 N–H and O–H groups in total. The molecule has 0 saturated carbocycles. The van der Waals surface area contributed by atoms with Crippen LogP contribution in [0.5, 0.6) is 0 Å². The lowest BCUT2D eigenvalue weighted by Gasteiger charge is -2.20. The van der Waals surface area contributed by atoms with E-state index < -0.39 is 0 Å². The molecule has 0 radical (unpaired) electrons. The van der Waals surface area contributed by atoms with Crippen LogP contribution in [0.3, 0.4) is 0 Å². The van der Waals surface area contributed by atoms with Gasteiger partial charge in [0, 0.05) is 32.6 Å². The highest BCUT2D eigenvalue weighted by Gasteiger charge is 2.06. The van der Waals surface area contributed by atoms with Crippen LogP contribution in [0.25, 0.3) is 0 Å². The van der Waals surface area contributed by atoms with Gasteiger partial charge < -0.3 is 30.1 Å². The molecule has 1 amide bonds. The molecule has 0 fully saturated rings. The zero-order chi connectivity index (χ0) is 18.9. The number of nitrogens with two attached hydrogens (primary N) is 4. The van der Waals surface area contributed by atoms with Crippen molar-refractivity contribution in [1.29, 1.82) is 0 Å². The van der Waals surface area contributed by atoms with Gasteiger partial charge >= 0.3 is 11.9 Å². The minimum atomic E-state index is -0.124. The lowest BCUT2D eigenvalue weighted by Crippen LogP contribution is -3.00. The van der Waals surface area contributed by atoms with Gasteiger partial charge in [-0.25, -0.2) is 0 Å². The normalized spacial score (nSPS) is 8.52. The van der Waals surface area contributed by atoms with Crippen LogP contribution >= 0.6 is 0 Å². The number of amides is 1. The van der Waals surface area contributed by atoms with E-state index in [0.717, 1.165) is 6.42 Å². The van der Waals surface area contributed by atoms with Crippen LogP contribution in [0, 0.1) is 23.7 Å². The summed E-state index contributed by atoms with van der Waals surface area (Å²) >= 11 is 0. The fourth-order valence-corrected chi connectivity index (χ4v) is 1.77. The van der Waals surface area contributed by atoms with Gasteiger partial charge in [-0.15, -0.1) is 0 Å². The Hall–Kier alpha value is -2.33. The summed E-state index contributed by atoms with van der Waals surface area (Å²) in [4.78, 5) is 19.5. The topological polar surface area (TPSA) is 164 Å². The van der Waals surface area contributed by atoms with E-state index in [1.807, 2.05) is 6.92 Å². The van der Waals surface area contributed by atoms with E-state index in [1.165, 1.54) is 0 Å². The quantitative estimate of drug-likeness (QED) is 0.105. The number of carbonyl (C=O) groups excluding carboxylic acids is 1. The van der Waals surface area contributed by atoms with E-state index in [4.69, 9.17) is 22.9 Å². The molecule has 9 nitrogen and oxygen atoms in total. The average molecular weight is 421 g/mol. The van der Waals surface area contributed by atoms with Gasteiger partial charge in [0.2, 0.25) is 5.91 Å². The van der Waals surface area contributed by atoms with Crippen LogP contribution in [0.2, 0.25) is 0 Å². The first-order valence-electron chi connectivity index (χ1n) is 8.14. The smallest absolute Gasteiger partial charge is 0.338 e. The van der Waals surface area contributed by atoms with E-state index in [9.17, 15) is 4.79 Å². The van der Waals surface area contributed by atoms with Crippen LogP contribution in [-0.2, 0) is 4.79 Å². The predicted molar refractivity (Wildman–Crippen MR) is 98.3 cm³/mol. The molecule has 0 aliphatic heterocycles. The summed E-state index contributed by atoms with van der Waals surface area (Å²) in [6.07, 6.45) is 0.889. The Labute approximate surface area is 173 Å². The van der Waals surface area contributed by atoms with E-state index in [0.29, 0.717) is 39.3 Å². The average Bonchev–Trinajstić information content (AvgIpc) is 2.53. The zero-order valence-electron chi connectivity index (χ0n) is 15.6. The molecule has 0 heterocycles. The van der Waals surface area contributed by atoms with Crippen molar-refractivity contribution in [3.8, 4) is 23.7 Å². The SMILES string of the molecule is CCC#CC#CCC(=O)NCCN(CC[NH+]=C(N)N)CC[NH+]=C(N)N.[Cl-].[Cl-]. The number of rotatable bonds is 10.